The number of allylic oxidation sites excluding steroid dienone is 5. The van der Waals surface area contributed by atoms with Crippen molar-refractivity contribution in [3.63, 3.8) is 0 Å². The van der Waals surface area contributed by atoms with E-state index in [1.165, 1.54) is 0 Å². The first-order valence-corrected chi connectivity index (χ1v) is 16.7. The van der Waals surface area contributed by atoms with Gasteiger partial charge in [-0.05, 0) is 97.9 Å². The summed E-state index contributed by atoms with van der Waals surface area (Å²) in [5.74, 6) is -1.86. The zero-order chi connectivity index (χ0) is 37.6. The minimum atomic E-state index is -5.10. The number of H-pyrrole nitrogens is 2. The lowest BCUT2D eigenvalue weighted by Crippen LogP contribution is -2.40. The van der Waals surface area contributed by atoms with E-state index in [0.29, 0.717) is 69.4 Å². The standard InChI is InChI=1S/C39H33F6N5O2/c1-7-24-18(4)27-13-26-17(3)9-32(46-26)34-35-33(20(6)29(49-35)15-31-25(8-2)19(5)28(48-31)14-30(24)47-27)36(51)50(37(34)52)16-21-10-22(38(40,41)42)12-23(11-21)39(43,44)45/h7,10-15,17,46,49H,1,8-9,16H2,2-6H3/t17-/m0/s1. The van der Waals surface area contributed by atoms with E-state index in [-0.39, 0.29) is 28.6 Å². The van der Waals surface area contributed by atoms with Gasteiger partial charge in [-0.15, -0.1) is 0 Å². The number of benzene rings is 1. The molecular weight excluding hydrogens is 684 g/mol. The van der Waals surface area contributed by atoms with Crippen LogP contribution in [0.5, 0.6) is 0 Å². The minimum absolute atomic E-state index is 0.0133. The van der Waals surface area contributed by atoms with Crippen molar-refractivity contribution < 1.29 is 35.9 Å². The largest absolute Gasteiger partial charge is 0.416 e. The Morgan fingerprint density at radius 2 is 1.44 bits per heavy atom. The number of nitrogens with zero attached hydrogens (tertiary/aromatic N) is 3. The van der Waals surface area contributed by atoms with E-state index in [1.54, 1.807) is 19.1 Å². The lowest BCUT2D eigenvalue weighted by Gasteiger charge is -2.26. The number of carbonyl (C=O) groups excluding carboxylic acids is 2. The number of aromatic nitrogens is 4. The van der Waals surface area contributed by atoms with Gasteiger partial charge in [0, 0.05) is 28.4 Å². The monoisotopic (exact) mass is 717 g/mol. The van der Waals surface area contributed by atoms with Crippen LogP contribution in [-0.2, 0) is 25.3 Å². The van der Waals surface area contributed by atoms with Crippen molar-refractivity contribution in [1.82, 2.24) is 24.8 Å². The average Bonchev–Trinajstić information content (AvgIpc) is 3.76. The van der Waals surface area contributed by atoms with Crippen LogP contribution in [0.3, 0.4) is 0 Å². The van der Waals surface area contributed by atoms with E-state index < -0.39 is 47.4 Å². The van der Waals surface area contributed by atoms with Gasteiger partial charge < -0.3 is 9.97 Å². The molecule has 0 aliphatic carbocycles. The number of aromatic amines is 2. The Labute approximate surface area is 294 Å². The molecule has 268 valence electrons. The van der Waals surface area contributed by atoms with Crippen LogP contribution >= 0.6 is 0 Å². The summed E-state index contributed by atoms with van der Waals surface area (Å²) in [5.41, 5.74) is 5.24. The predicted octanol–water partition coefficient (Wildman–Crippen LogP) is 9.98. The van der Waals surface area contributed by atoms with Gasteiger partial charge in [0.15, 0.2) is 0 Å². The van der Waals surface area contributed by atoms with Crippen LogP contribution in [0.25, 0.3) is 33.3 Å². The Morgan fingerprint density at radius 3 is 2.06 bits per heavy atom. The highest BCUT2D eigenvalue weighted by Crippen LogP contribution is 2.41. The Morgan fingerprint density at radius 1 is 0.827 bits per heavy atom. The smallest absolute Gasteiger partial charge is 0.361 e. The van der Waals surface area contributed by atoms with Crippen LogP contribution in [0.1, 0.15) is 117 Å². The van der Waals surface area contributed by atoms with Crippen molar-refractivity contribution in [2.45, 2.75) is 72.3 Å². The predicted molar refractivity (Wildman–Crippen MR) is 185 cm³/mol. The quantitative estimate of drug-likeness (QED) is 0.208. The topological polar surface area (TPSA) is 94.7 Å². The number of halogens is 6. The molecule has 8 bridgehead atoms. The molecule has 0 unspecified atom stereocenters. The van der Waals surface area contributed by atoms with Gasteiger partial charge in [0.2, 0.25) is 0 Å². The van der Waals surface area contributed by atoms with E-state index in [2.05, 4.69) is 16.5 Å². The van der Waals surface area contributed by atoms with Crippen molar-refractivity contribution in [2.75, 3.05) is 0 Å². The fraction of sp³-hybridized carbons (Fsp3) is 0.282. The molecule has 3 aromatic rings. The fourth-order valence-corrected chi connectivity index (χ4v) is 7.37. The van der Waals surface area contributed by atoms with Crippen molar-refractivity contribution >= 4 is 45.1 Å². The van der Waals surface area contributed by atoms with Crippen LogP contribution in [0.4, 0.5) is 26.3 Å². The normalized spacial score (nSPS) is 17.0. The molecule has 0 fully saturated rings. The number of hydrogen-bond acceptors (Lipinski definition) is 4. The summed E-state index contributed by atoms with van der Waals surface area (Å²) in [6.07, 6.45) is -7.50. The summed E-state index contributed by atoms with van der Waals surface area (Å²) < 4.78 is 82.6. The number of carbonyl (C=O) groups is 2. The molecule has 0 spiro atoms. The third-order valence-corrected chi connectivity index (χ3v) is 10.2. The first-order valence-electron chi connectivity index (χ1n) is 16.7. The SMILES string of the molecule is C=CC1=C(C)c2cc3[nH]c(c4c5[nH]c(cc6nc(cc1n2)C(C)=C6CC)c(C)c5C(=O)N(Cc1cc(C(F)(F)F)cc(C(F)(F)F)c1)C4=O)C[C@@H]3C. The van der Waals surface area contributed by atoms with Gasteiger partial charge in [-0.1, -0.05) is 26.5 Å². The van der Waals surface area contributed by atoms with Crippen LogP contribution < -0.4 is 0 Å². The number of fused-ring (bicyclic) bond motifs is 8. The van der Waals surface area contributed by atoms with E-state index in [0.717, 1.165) is 28.0 Å². The molecule has 7 rings (SSSR count). The Hall–Kier alpha value is -5.46. The first-order chi connectivity index (χ1) is 24.4. The summed E-state index contributed by atoms with van der Waals surface area (Å²) in [5, 5.41) is 0. The Bertz CT molecular complexity index is 2360. The zero-order valence-electron chi connectivity index (χ0n) is 28.9. The molecule has 1 atom stereocenters. The third-order valence-electron chi connectivity index (χ3n) is 10.2. The number of aryl methyl sites for hydroxylation is 1. The van der Waals surface area contributed by atoms with Crippen LogP contribution in [0, 0.1) is 6.92 Å². The molecule has 7 nitrogen and oxygen atoms in total. The van der Waals surface area contributed by atoms with Gasteiger partial charge in [0.05, 0.1) is 57.1 Å². The molecule has 2 aromatic heterocycles. The Kier molecular flexibility index (Phi) is 8.11. The van der Waals surface area contributed by atoms with E-state index in [4.69, 9.17) is 9.97 Å². The van der Waals surface area contributed by atoms with Gasteiger partial charge in [0.25, 0.3) is 11.8 Å². The highest BCUT2D eigenvalue weighted by atomic mass is 19.4. The number of rotatable bonds is 4. The van der Waals surface area contributed by atoms with Crippen LogP contribution in [0.2, 0.25) is 0 Å². The van der Waals surface area contributed by atoms with Gasteiger partial charge in [-0.2, -0.15) is 26.3 Å². The number of alkyl halides is 6. The maximum atomic E-state index is 14.4. The van der Waals surface area contributed by atoms with Gasteiger partial charge >= 0.3 is 12.4 Å². The molecule has 2 amide bonds. The number of hydrogen-bond donors (Lipinski definition) is 2. The molecule has 1 aromatic carbocycles. The lowest BCUT2D eigenvalue weighted by atomic mass is 9.96. The van der Waals surface area contributed by atoms with Crippen molar-refractivity contribution in [3.8, 4) is 0 Å². The number of imide groups is 1. The molecule has 13 heteroatoms. The summed E-state index contributed by atoms with van der Waals surface area (Å²) in [6, 6.07) is 6.67. The lowest BCUT2D eigenvalue weighted by molar-refractivity contribution is -0.143. The first kappa shape index (κ1) is 35.0. The van der Waals surface area contributed by atoms with Crippen LogP contribution in [-0.4, -0.2) is 36.7 Å². The molecule has 0 saturated heterocycles. The highest BCUT2D eigenvalue weighted by molar-refractivity contribution is 6.23. The van der Waals surface area contributed by atoms with E-state index in [9.17, 15) is 35.9 Å². The molecule has 4 aliphatic heterocycles. The van der Waals surface area contributed by atoms with Crippen molar-refractivity contribution in [1.29, 1.82) is 0 Å². The molecule has 52 heavy (non-hydrogen) atoms. The molecule has 0 radical (unpaired) electrons. The van der Waals surface area contributed by atoms with Gasteiger partial charge in [0.1, 0.15) is 0 Å². The average molecular weight is 718 g/mol. The van der Waals surface area contributed by atoms with Crippen LogP contribution in [0.15, 0.2) is 49.1 Å². The highest BCUT2D eigenvalue weighted by Gasteiger charge is 2.40. The second-order valence-corrected chi connectivity index (χ2v) is 13.5. The summed E-state index contributed by atoms with van der Waals surface area (Å²) in [6.45, 7) is 12.7. The van der Waals surface area contributed by atoms with E-state index >= 15 is 0 Å². The maximum Gasteiger partial charge on any atom is 0.416 e. The van der Waals surface area contributed by atoms with Crippen molar-refractivity contribution in [3.05, 3.63) is 117 Å². The van der Waals surface area contributed by atoms with Gasteiger partial charge in [-0.25, -0.2) is 9.97 Å². The maximum absolute atomic E-state index is 14.4. The molecular formula is C39H33F6N5O2. The zero-order valence-corrected chi connectivity index (χ0v) is 28.9. The van der Waals surface area contributed by atoms with Gasteiger partial charge in [-0.3, -0.25) is 14.5 Å². The summed E-state index contributed by atoms with van der Waals surface area (Å²) in [4.78, 5) is 45.8. The second-order valence-electron chi connectivity index (χ2n) is 13.5. The number of amides is 2. The molecule has 6 heterocycles. The van der Waals surface area contributed by atoms with Crippen molar-refractivity contribution in [2.24, 2.45) is 0 Å². The molecule has 2 N–H and O–H groups in total. The summed E-state index contributed by atoms with van der Waals surface area (Å²) in [7, 11) is 0. The fourth-order valence-electron chi connectivity index (χ4n) is 7.37. The third kappa shape index (κ3) is 5.62. The summed E-state index contributed by atoms with van der Waals surface area (Å²) >= 11 is 0. The number of nitrogens with one attached hydrogen (secondary N) is 2. The Balaban J connectivity index is 1.52. The van der Waals surface area contributed by atoms with E-state index in [1.807, 2.05) is 39.8 Å². The minimum Gasteiger partial charge on any atom is -0.361 e. The molecule has 0 saturated carbocycles. The molecule has 4 aliphatic rings. The second kappa shape index (κ2) is 12.1.